The Hall–Kier alpha value is -0.593. The Labute approximate surface area is 86.2 Å². The van der Waals surface area contributed by atoms with Gasteiger partial charge in [-0.25, -0.2) is 4.79 Å². The van der Waals surface area contributed by atoms with Crippen LogP contribution in [0.15, 0.2) is 0 Å². The highest BCUT2D eigenvalue weighted by Gasteiger charge is 2.31. The molecule has 0 rings (SSSR count). The molecular weight excluding hydrogens is 200 g/mol. The number of primary amides is 1. The van der Waals surface area contributed by atoms with Crippen LogP contribution in [0.5, 0.6) is 0 Å². The fourth-order valence-electron chi connectivity index (χ4n) is 1.20. The molecule has 3 N–H and O–H groups in total. The smallest absolute Gasteiger partial charge is 0.336 e. The third-order valence-corrected chi connectivity index (χ3v) is 5.01. The van der Waals surface area contributed by atoms with Gasteiger partial charge in [-0.15, -0.1) is 0 Å². The summed E-state index contributed by atoms with van der Waals surface area (Å²) < 4.78 is 10.9. The monoisotopic (exact) mass is 220 g/mol. The number of rotatable bonds is 6. The van der Waals surface area contributed by atoms with Crippen molar-refractivity contribution in [1.29, 1.82) is 0 Å². The number of nitrogens with two attached hydrogens (primary N) is 1. The fourth-order valence-corrected chi connectivity index (χ4v) is 3.47. The van der Waals surface area contributed by atoms with E-state index in [1.165, 1.54) is 0 Å². The molecule has 0 aromatic carbocycles. The minimum absolute atomic E-state index is 0.124. The average molecular weight is 220 g/mol. The second-order valence-electron chi connectivity index (χ2n) is 3.77. The first kappa shape index (κ1) is 13.4. The Morgan fingerprint density at radius 3 is 2.50 bits per heavy atom. The van der Waals surface area contributed by atoms with Gasteiger partial charge in [0.25, 0.3) is 0 Å². The number of nitrogens with one attached hydrogen (secondary N) is 1. The number of carbonyl (C=O) groups is 1. The van der Waals surface area contributed by atoms with Crippen LogP contribution < -0.4 is 11.1 Å². The summed E-state index contributed by atoms with van der Waals surface area (Å²) >= 11 is 0. The molecule has 84 valence electrons. The van der Waals surface area contributed by atoms with Gasteiger partial charge in [0.15, 0.2) is 0 Å². The maximum absolute atomic E-state index is 10.4. The minimum Gasteiger partial charge on any atom is -0.398 e. The van der Waals surface area contributed by atoms with Gasteiger partial charge in [0.2, 0.25) is 0 Å². The van der Waals surface area contributed by atoms with Gasteiger partial charge in [0.1, 0.15) is 6.73 Å². The molecule has 0 aliphatic heterocycles. The highest BCUT2D eigenvalue weighted by atomic mass is 28.4. The highest BCUT2D eigenvalue weighted by molar-refractivity contribution is 6.66. The molecule has 0 radical (unpaired) electrons. The van der Waals surface area contributed by atoms with Crippen LogP contribution in [0, 0.1) is 5.92 Å². The van der Waals surface area contributed by atoms with Crippen LogP contribution in [0.1, 0.15) is 13.8 Å². The van der Waals surface area contributed by atoms with Gasteiger partial charge in [0, 0.05) is 7.11 Å². The van der Waals surface area contributed by atoms with Crippen molar-refractivity contribution in [2.75, 3.05) is 13.8 Å². The number of hydrogen-bond donors (Lipinski definition) is 2. The lowest BCUT2D eigenvalue weighted by atomic mass is 10.3. The van der Waals surface area contributed by atoms with Crippen molar-refractivity contribution in [2.24, 2.45) is 11.7 Å². The highest BCUT2D eigenvalue weighted by Crippen LogP contribution is 2.17. The summed E-state index contributed by atoms with van der Waals surface area (Å²) in [5, 5.41) is 2.38. The van der Waals surface area contributed by atoms with Gasteiger partial charge in [-0.1, -0.05) is 13.8 Å². The van der Waals surface area contributed by atoms with Crippen LogP contribution in [0.2, 0.25) is 12.6 Å². The van der Waals surface area contributed by atoms with Crippen molar-refractivity contribution in [2.45, 2.75) is 26.4 Å². The first-order valence-electron chi connectivity index (χ1n) is 4.62. The largest absolute Gasteiger partial charge is 0.398 e. The lowest BCUT2D eigenvalue weighted by molar-refractivity contribution is 0.184. The third kappa shape index (κ3) is 5.95. The predicted octanol–water partition coefficient (Wildman–Crippen LogP) is 1.00. The van der Waals surface area contributed by atoms with E-state index in [9.17, 15) is 4.79 Å². The number of hydrogen-bond acceptors (Lipinski definition) is 3. The molecule has 6 heteroatoms. The Morgan fingerprint density at radius 1 is 1.57 bits per heavy atom. The van der Waals surface area contributed by atoms with Crippen molar-refractivity contribution in [3.8, 4) is 0 Å². The molecule has 0 aromatic heterocycles. The molecule has 0 bridgehead atoms. The number of urea groups is 1. The zero-order chi connectivity index (χ0) is 11.2. The Kier molecular flexibility index (Phi) is 5.74. The van der Waals surface area contributed by atoms with Crippen molar-refractivity contribution in [3.63, 3.8) is 0 Å². The Bertz CT molecular complexity index is 189. The average Bonchev–Trinajstić information content (AvgIpc) is 2.02. The molecule has 1 atom stereocenters. The van der Waals surface area contributed by atoms with E-state index in [0.717, 1.165) is 6.04 Å². The predicted molar refractivity (Wildman–Crippen MR) is 56.9 cm³/mol. The molecule has 1 unspecified atom stereocenters. The lowest BCUT2D eigenvalue weighted by Gasteiger charge is -2.26. The van der Waals surface area contributed by atoms with Crippen LogP contribution in [0.25, 0.3) is 0 Å². The summed E-state index contributed by atoms with van der Waals surface area (Å²) in [5.74, 6) is 0.514. The zero-order valence-electron chi connectivity index (χ0n) is 9.29. The number of amides is 2. The molecule has 14 heavy (non-hydrogen) atoms. The van der Waals surface area contributed by atoms with E-state index in [-0.39, 0.29) is 6.73 Å². The SMILES string of the molecule is CO[Si](C)(CC(C)C)OCNC(N)=O. The molecule has 0 aliphatic carbocycles. The van der Waals surface area contributed by atoms with E-state index in [4.69, 9.17) is 14.6 Å². The summed E-state index contributed by atoms with van der Waals surface area (Å²) in [6, 6.07) is 0.311. The van der Waals surface area contributed by atoms with Gasteiger partial charge < -0.3 is 19.9 Å². The second kappa shape index (κ2) is 6.00. The van der Waals surface area contributed by atoms with Crippen LogP contribution in [0.4, 0.5) is 4.79 Å². The van der Waals surface area contributed by atoms with Crippen LogP contribution in [-0.2, 0) is 8.85 Å². The summed E-state index contributed by atoms with van der Waals surface area (Å²) in [4.78, 5) is 10.4. The van der Waals surface area contributed by atoms with E-state index >= 15 is 0 Å². The normalized spacial score (nSPS) is 15.2. The molecule has 0 saturated carbocycles. The molecule has 2 amide bonds. The molecule has 5 nitrogen and oxygen atoms in total. The van der Waals surface area contributed by atoms with E-state index in [1.807, 2.05) is 6.55 Å². The van der Waals surface area contributed by atoms with E-state index in [1.54, 1.807) is 7.11 Å². The molecule has 0 aliphatic rings. The Morgan fingerprint density at radius 2 is 2.14 bits per heavy atom. The van der Waals surface area contributed by atoms with E-state index < -0.39 is 14.6 Å². The first-order chi connectivity index (χ1) is 6.39. The quantitative estimate of drug-likeness (QED) is 0.518. The van der Waals surface area contributed by atoms with Crippen LogP contribution in [-0.4, -0.2) is 28.4 Å². The molecule has 0 spiro atoms. The fraction of sp³-hybridized carbons (Fsp3) is 0.875. The second-order valence-corrected chi connectivity index (χ2v) is 7.14. The van der Waals surface area contributed by atoms with Gasteiger partial charge in [-0.05, 0) is 18.5 Å². The summed E-state index contributed by atoms with van der Waals surface area (Å²) in [7, 11) is -0.486. The van der Waals surface area contributed by atoms with Crippen molar-refractivity contribution < 1.29 is 13.6 Å². The maximum Gasteiger partial charge on any atom is 0.336 e. The van der Waals surface area contributed by atoms with Gasteiger partial charge >= 0.3 is 14.6 Å². The standard InChI is InChI=1S/C8H20N2O3Si/c1-7(2)5-14(4,12-3)13-6-10-8(9)11/h7H,5-6H2,1-4H3,(H3,9,10,11). The van der Waals surface area contributed by atoms with E-state index in [0.29, 0.717) is 5.92 Å². The van der Waals surface area contributed by atoms with E-state index in [2.05, 4.69) is 19.2 Å². The summed E-state index contributed by atoms with van der Waals surface area (Å²) in [5.41, 5.74) is 4.91. The summed E-state index contributed by atoms with van der Waals surface area (Å²) in [6.07, 6.45) is 0. The Balaban J connectivity index is 3.92. The number of carbonyl (C=O) groups excluding carboxylic acids is 1. The third-order valence-electron chi connectivity index (χ3n) is 1.83. The van der Waals surface area contributed by atoms with Gasteiger partial charge in [-0.2, -0.15) is 0 Å². The van der Waals surface area contributed by atoms with Crippen LogP contribution >= 0.6 is 0 Å². The van der Waals surface area contributed by atoms with Crippen molar-refractivity contribution in [1.82, 2.24) is 5.32 Å². The van der Waals surface area contributed by atoms with Gasteiger partial charge in [-0.3, -0.25) is 0 Å². The molecular formula is C8H20N2O3Si. The van der Waals surface area contributed by atoms with Crippen molar-refractivity contribution in [3.05, 3.63) is 0 Å². The van der Waals surface area contributed by atoms with Crippen molar-refractivity contribution >= 4 is 14.6 Å². The van der Waals surface area contributed by atoms with Gasteiger partial charge in [0.05, 0.1) is 0 Å². The summed E-state index contributed by atoms with van der Waals surface area (Å²) in [6.45, 7) is 6.30. The topological polar surface area (TPSA) is 73.6 Å². The molecule has 0 heterocycles. The molecule has 0 saturated heterocycles. The maximum atomic E-state index is 10.4. The lowest BCUT2D eigenvalue weighted by Crippen LogP contribution is -2.43. The zero-order valence-corrected chi connectivity index (χ0v) is 10.3. The first-order valence-corrected chi connectivity index (χ1v) is 7.14. The molecule has 0 aromatic rings. The van der Waals surface area contributed by atoms with Crippen LogP contribution in [0.3, 0.4) is 0 Å². The minimum atomic E-state index is -2.12. The molecule has 0 fully saturated rings.